The summed E-state index contributed by atoms with van der Waals surface area (Å²) in [5.41, 5.74) is -0.370. The van der Waals surface area contributed by atoms with E-state index in [1.807, 2.05) is 6.07 Å². The second-order valence-electron chi connectivity index (χ2n) is 4.16. The van der Waals surface area contributed by atoms with Gasteiger partial charge in [-0.1, -0.05) is 34.1 Å². The van der Waals surface area contributed by atoms with E-state index in [0.29, 0.717) is 0 Å². The molecule has 21 heavy (non-hydrogen) atoms. The molecule has 0 aliphatic rings. The average molecular weight is 356 g/mol. The Morgan fingerprint density at radius 2 is 1.86 bits per heavy atom. The lowest BCUT2D eigenvalue weighted by atomic mass is 10.1. The van der Waals surface area contributed by atoms with Crippen LogP contribution in [0.25, 0.3) is 0 Å². The SMILES string of the molecule is N#Cc1ccccc1Oc1ccc(CBr)c(C(F)(F)F)c1. The molecule has 0 aliphatic carbocycles. The van der Waals surface area contributed by atoms with Gasteiger partial charge in [-0.15, -0.1) is 0 Å². The first-order valence-corrected chi connectivity index (χ1v) is 7.01. The van der Waals surface area contributed by atoms with Gasteiger partial charge in [0.05, 0.1) is 11.1 Å². The van der Waals surface area contributed by atoms with Crippen LogP contribution in [0.15, 0.2) is 42.5 Å². The van der Waals surface area contributed by atoms with Crippen LogP contribution in [-0.4, -0.2) is 0 Å². The summed E-state index contributed by atoms with van der Waals surface area (Å²) in [5, 5.41) is 9.04. The molecule has 108 valence electrons. The van der Waals surface area contributed by atoms with Gasteiger partial charge in [-0.05, 0) is 29.8 Å². The third-order valence-electron chi connectivity index (χ3n) is 2.77. The van der Waals surface area contributed by atoms with E-state index in [9.17, 15) is 13.2 Å². The second-order valence-corrected chi connectivity index (χ2v) is 4.72. The molecular formula is C15H9BrF3NO. The Kier molecular flexibility index (Phi) is 4.53. The van der Waals surface area contributed by atoms with E-state index in [4.69, 9.17) is 10.00 Å². The Hall–Kier alpha value is -2.00. The van der Waals surface area contributed by atoms with E-state index >= 15 is 0 Å². The third kappa shape index (κ3) is 3.56. The van der Waals surface area contributed by atoms with Crippen LogP contribution >= 0.6 is 15.9 Å². The summed E-state index contributed by atoms with van der Waals surface area (Å²) in [6.07, 6.45) is -4.46. The van der Waals surface area contributed by atoms with E-state index in [1.165, 1.54) is 24.3 Å². The molecule has 0 saturated heterocycles. The molecule has 2 aromatic carbocycles. The van der Waals surface area contributed by atoms with E-state index < -0.39 is 11.7 Å². The van der Waals surface area contributed by atoms with E-state index in [0.717, 1.165) is 6.07 Å². The second kappa shape index (κ2) is 6.19. The number of benzene rings is 2. The highest BCUT2D eigenvalue weighted by atomic mass is 79.9. The van der Waals surface area contributed by atoms with Gasteiger partial charge in [-0.2, -0.15) is 18.4 Å². The minimum absolute atomic E-state index is 0.0368. The number of hydrogen-bond acceptors (Lipinski definition) is 2. The number of nitrogens with zero attached hydrogens (tertiary/aromatic N) is 1. The average Bonchev–Trinajstić information content (AvgIpc) is 2.47. The summed E-state index contributed by atoms with van der Waals surface area (Å²) >= 11 is 3.03. The smallest absolute Gasteiger partial charge is 0.416 e. The fraction of sp³-hybridized carbons (Fsp3) is 0.133. The van der Waals surface area contributed by atoms with Gasteiger partial charge in [-0.25, -0.2) is 0 Å². The molecule has 0 fully saturated rings. The zero-order chi connectivity index (χ0) is 15.5. The molecule has 6 heteroatoms. The Labute approximate surface area is 127 Å². The van der Waals surface area contributed by atoms with Crippen LogP contribution in [0.5, 0.6) is 11.5 Å². The highest BCUT2D eigenvalue weighted by Crippen LogP contribution is 2.36. The van der Waals surface area contributed by atoms with Gasteiger partial charge in [0.2, 0.25) is 0 Å². The summed E-state index contributed by atoms with van der Waals surface area (Å²) in [6, 6.07) is 12.0. The minimum Gasteiger partial charge on any atom is -0.456 e. The van der Waals surface area contributed by atoms with Crippen molar-refractivity contribution in [1.82, 2.24) is 0 Å². The molecule has 0 aliphatic heterocycles. The predicted molar refractivity (Wildman–Crippen MR) is 75.3 cm³/mol. The summed E-state index contributed by atoms with van der Waals surface area (Å²) in [7, 11) is 0. The summed E-state index contributed by atoms with van der Waals surface area (Å²) < 4.78 is 44.3. The van der Waals surface area contributed by atoms with Crippen molar-refractivity contribution in [2.75, 3.05) is 0 Å². The zero-order valence-corrected chi connectivity index (χ0v) is 12.2. The highest BCUT2D eigenvalue weighted by Gasteiger charge is 2.33. The topological polar surface area (TPSA) is 33.0 Å². The normalized spacial score (nSPS) is 11.0. The highest BCUT2D eigenvalue weighted by molar-refractivity contribution is 9.08. The molecule has 0 atom stereocenters. The first-order valence-electron chi connectivity index (χ1n) is 5.89. The van der Waals surface area contributed by atoms with Crippen LogP contribution < -0.4 is 4.74 Å². The standard InChI is InChI=1S/C15H9BrF3NO/c16-8-10-5-6-12(7-13(10)15(17,18)19)21-14-4-2-1-3-11(14)9-20/h1-7H,8H2. The molecule has 0 heterocycles. The van der Waals surface area contributed by atoms with Crippen molar-refractivity contribution in [1.29, 1.82) is 5.26 Å². The first kappa shape index (κ1) is 15.4. The van der Waals surface area contributed by atoms with Gasteiger partial charge >= 0.3 is 6.18 Å². The molecule has 2 nitrogen and oxygen atoms in total. The van der Waals surface area contributed by atoms with Crippen LogP contribution in [0, 0.1) is 11.3 Å². The molecule has 2 aromatic rings. The fourth-order valence-electron chi connectivity index (χ4n) is 1.77. The summed E-state index contributed by atoms with van der Waals surface area (Å²) in [5.74, 6) is 0.259. The molecular weight excluding hydrogens is 347 g/mol. The van der Waals surface area contributed by atoms with Crippen molar-refractivity contribution in [2.24, 2.45) is 0 Å². The van der Waals surface area contributed by atoms with Crippen molar-refractivity contribution < 1.29 is 17.9 Å². The molecule has 2 rings (SSSR count). The summed E-state index contributed by atoms with van der Waals surface area (Å²) in [6.45, 7) is 0. The molecule has 0 amide bonds. The number of para-hydroxylation sites is 1. The van der Waals surface area contributed by atoms with Crippen LogP contribution in [0.3, 0.4) is 0 Å². The Morgan fingerprint density at radius 3 is 2.48 bits per heavy atom. The monoisotopic (exact) mass is 355 g/mol. The van der Waals surface area contributed by atoms with Gasteiger partial charge in [0.15, 0.2) is 0 Å². The van der Waals surface area contributed by atoms with Crippen LogP contribution in [0.1, 0.15) is 16.7 Å². The molecule has 0 bridgehead atoms. The maximum absolute atomic E-state index is 13.0. The lowest BCUT2D eigenvalue weighted by Crippen LogP contribution is -2.08. The Bertz CT molecular complexity index is 692. The lowest BCUT2D eigenvalue weighted by molar-refractivity contribution is -0.138. The van der Waals surface area contributed by atoms with Gasteiger partial charge in [-0.3, -0.25) is 0 Å². The molecule has 0 N–H and O–H groups in total. The van der Waals surface area contributed by atoms with Gasteiger partial charge in [0, 0.05) is 5.33 Å². The molecule has 0 unspecified atom stereocenters. The van der Waals surface area contributed by atoms with Crippen molar-refractivity contribution >= 4 is 15.9 Å². The minimum atomic E-state index is -4.46. The largest absolute Gasteiger partial charge is 0.456 e. The van der Waals surface area contributed by atoms with Crippen molar-refractivity contribution in [3.8, 4) is 17.6 Å². The van der Waals surface area contributed by atoms with Gasteiger partial charge in [0.25, 0.3) is 0 Å². The maximum atomic E-state index is 13.0. The van der Waals surface area contributed by atoms with E-state index in [2.05, 4.69) is 15.9 Å². The maximum Gasteiger partial charge on any atom is 0.416 e. The van der Waals surface area contributed by atoms with Crippen molar-refractivity contribution in [3.63, 3.8) is 0 Å². The number of alkyl halides is 4. The third-order valence-corrected chi connectivity index (χ3v) is 3.37. The van der Waals surface area contributed by atoms with Crippen molar-refractivity contribution in [2.45, 2.75) is 11.5 Å². The molecule has 0 saturated carbocycles. The predicted octanol–water partition coefficient (Wildman–Crippen LogP) is 5.26. The van der Waals surface area contributed by atoms with E-state index in [1.54, 1.807) is 12.1 Å². The Balaban J connectivity index is 2.40. The van der Waals surface area contributed by atoms with E-state index in [-0.39, 0.29) is 28.0 Å². The number of halogens is 4. The molecule has 0 aromatic heterocycles. The first-order chi connectivity index (χ1) is 9.95. The fourth-order valence-corrected chi connectivity index (χ4v) is 2.26. The molecule has 0 spiro atoms. The lowest BCUT2D eigenvalue weighted by Gasteiger charge is -2.14. The number of rotatable bonds is 3. The zero-order valence-electron chi connectivity index (χ0n) is 10.6. The quantitative estimate of drug-likeness (QED) is 0.703. The Morgan fingerprint density at radius 1 is 1.14 bits per heavy atom. The summed E-state index contributed by atoms with van der Waals surface area (Å²) in [4.78, 5) is 0. The van der Waals surface area contributed by atoms with Crippen LogP contribution in [0.4, 0.5) is 13.2 Å². The number of nitriles is 1. The van der Waals surface area contributed by atoms with Crippen molar-refractivity contribution in [3.05, 3.63) is 59.2 Å². The van der Waals surface area contributed by atoms with Gasteiger partial charge < -0.3 is 4.74 Å². The van der Waals surface area contributed by atoms with Crippen LogP contribution in [-0.2, 0) is 11.5 Å². The van der Waals surface area contributed by atoms with Gasteiger partial charge in [0.1, 0.15) is 17.6 Å². The number of hydrogen-bond donors (Lipinski definition) is 0. The number of ether oxygens (including phenoxy) is 1. The molecule has 0 radical (unpaired) electrons. The van der Waals surface area contributed by atoms with Crippen LogP contribution in [0.2, 0.25) is 0 Å².